The number of sulfonamides is 1. The zero-order valence-electron chi connectivity index (χ0n) is 14.6. The number of benzene rings is 2. The fourth-order valence-electron chi connectivity index (χ4n) is 3.06. The van der Waals surface area contributed by atoms with Gasteiger partial charge in [-0.05, 0) is 35.9 Å². The molecule has 1 N–H and O–H groups in total. The molecule has 0 atom stereocenters. The number of carbonyl (C=O) groups excluding carboxylic acids is 1. The average molecular weight is 391 g/mol. The van der Waals surface area contributed by atoms with Crippen LogP contribution in [0.25, 0.3) is 0 Å². The van der Waals surface area contributed by atoms with Crippen LogP contribution in [0.3, 0.4) is 0 Å². The minimum Gasteiger partial charge on any atom is -0.351 e. The topological polar surface area (TPSA) is 66.5 Å². The Morgan fingerprint density at radius 1 is 1.12 bits per heavy atom. The molecule has 2 aromatic rings. The van der Waals surface area contributed by atoms with E-state index in [1.165, 1.54) is 21.6 Å². The molecule has 3 rings (SSSR count). The van der Waals surface area contributed by atoms with Gasteiger partial charge in [-0.2, -0.15) is 4.31 Å². The minimum absolute atomic E-state index is 0.0949. The van der Waals surface area contributed by atoms with Gasteiger partial charge in [0.2, 0.25) is 10.0 Å². The van der Waals surface area contributed by atoms with E-state index < -0.39 is 10.0 Å². The number of thioether (sulfide) groups is 1. The molecule has 1 aliphatic heterocycles. The molecule has 7 heteroatoms. The number of amides is 1. The van der Waals surface area contributed by atoms with Crippen molar-refractivity contribution >= 4 is 27.7 Å². The van der Waals surface area contributed by atoms with E-state index >= 15 is 0 Å². The standard InChI is InChI=1S/C19H22N2O3S2/c1-25-18-9-5-4-8-17(18)19(22)20-11-13-26(23,24)21-12-10-15-6-2-3-7-16(15)14-21/h2-9H,10-14H2,1H3,(H,20,22). The zero-order chi connectivity index (χ0) is 18.6. The molecule has 1 aliphatic rings. The van der Waals surface area contributed by atoms with Crippen LogP contribution < -0.4 is 5.32 Å². The van der Waals surface area contributed by atoms with Gasteiger partial charge in [-0.1, -0.05) is 36.4 Å². The summed E-state index contributed by atoms with van der Waals surface area (Å²) >= 11 is 1.49. The van der Waals surface area contributed by atoms with Crippen molar-refractivity contribution in [1.82, 2.24) is 9.62 Å². The molecular formula is C19H22N2O3S2. The van der Waals surface area contributed by atoms with Crippen molar-refractivity contribution in [1.29, 1.82) is 0 Å². The average Bonchev–Trinajstić information content (AvgIpc) is 2.67. The summed E-state index contributed by atoms with van der Waals surface area (Å²) in [5.41, 5.74) is 2.84. The first kappa shape index (κ1) is 18.9. The van der Waals surface area contributed by atoms with E-state index in [0.29, 0.717) is 18.7 Å². The third-order valence-electron chi connectivity index (χ3n) is 4.49. The molecule has 5 nitrogen and oxygen atoms in total. The smallest absolute Gasteiger partial charge is 0.252 e. The zero-order valence-corrected chi connectivity index (χ0v) is 16.3. The summed E-state index contributed by atoms with van der Waals surface area (Å²) in [7, 11) is -3.41. The van der Waals surface area contributed by atoms with Crippen LogP contribution in [0.1, 0.15) is 21.5 Å². The third-order valence-corrected chi connectivity index (χ3v) is 7.10. The highest BCUT2D eigenvalue weighted by molar-refractivity contribution is 7.98. The minimum atomic E-state index is -3.41. The lowest BCUT2D eigenvalue weighted by Crippen LogP contribution is -2.40. The van der Waals surface area contributed by atoms with E-state index in [9.17, 15) is 13.2 Å². The maximum Gasteiger partial charge on any atom is 0.252 e. The van der Waals surface area contributed by atoms with Crippen LogP contribution in [-0.4, -0.2) is 43.7 Å². The van der Waals surface area contributed by atoms with Crippen molar-refractivity contribution < 1.29 is 13.2 Å². The molecule has 1 heterocycles. The maximum atomic E-state index is 12.6. The van der Waals surface area contributed by atoms with Gasteiger partial charge in [0, 0.05) is 24.5 Å². The van der Waals surface area contributed by atoms with Gasteiger partial charge in [-0.25, -0.2) is 8.42 Å². The van der Waals surface area contributed by atoms with Crippen molar-refractivity contribution in [2.24, 2.45) is 0 Å². The fraction of sp³-hybridized carbons (Fsp3) is 0.316. The monoisotopic (exact) mass is 390 g/mol. The maximum absolute atomic E-state index is 12.6. The van der Waals surface area contributed by atoms with E-state index in [0.717, 1.165) is 16.9 Å². The van der Waals surface area contributed by atoms with Crippen LogP contribution in [0.2, 0.25) is 0 Å². The van der Waals surface area contributed by atoms with Gasteiger partial charge < -0.3 is 5.32 Å². The Morgan fingerprint density at radius 2 is 1.81 bits per heavy atom. The Morgan fingerprint density at radius 3 is 2.58 bits per heavy atom. The number of hydrogen-bond acceptors (Lipinski definition) is 4. The Kier molecular flexibility index (Phi) is 6.01. The van der Waals surface area contributed by atoms with E-state index in [1.54, 1.807) is 12.1 Å². The van der Waals surface area contributed by atoms with Gasteiger partial charge in [0.25, 0.3) is 5.91 Å². The number of nitrogens with zero attached hydrogens (tertiary/aromatic N) is 1. The highest BCUT2D eigenvalue weighted by Crippen LogP contribution is 2.21. The van der Waals surface area contributed by atoms with Gasteiger partial charge in [0.1, 0.15) is 0 Å². The summed E-state index contributed by atoms with van der Waals surface area (Å²) in [4.78, 5) is 13.2. The highest BCUT2D eigenvalue weighted by atomic mass is 32.2. The Hall–Kier alpha value is -1.83. The van der Waals surface area contributed by atoms with Crippen LogP contribution in [0.5, 0.6) is 0 Å². The summed E-state index contributed by atoms with van der Waals surface area (Å²) < 4.78 is 26.7. The predicted octanol–water partition coefficient (Wildman–Crippen LogP) is 2.53. The Labute approximate surface area is 158 Å². The molecule has 0 aromatic heterocycles. The normalized spacial score (nSPS) is 14.7. The number of carbonyl (C=O) groups is 1. The van der Waals surface area contributed by atoms with Gasteiger partial charge >= 0.3 is 0 Å². The lowest BCUT2D eigenvalue weighted by Gasteiger charge is -2.28. The van der Waals surface area contributed by atoms with Crippen molar-refractivity contribution in [3.63, 3.8) is 0 Å². The molecule has 0 saturated carbocycles. The molecule has 26 heavy (non-hydrogen) atoms. The Balaban J connectivity index is 1.58. The lowest BCUT2D eigenvalue weighted by atomic mass is 10.0. The molecule has 0 unspecified atom stereocenters. The molecule has 0 aliphatic carbocycles. The first-order chi connectivity index (χ1) is 12.5. The molecule has 0 radical (unpaired) electrons. The van der Waals surface area contributed by atoms with Gasteiger partial charge in [0.05, 0.1) is 11.3 Å². The van der Waals surface area contributed by atoms with Crippen molar-refractivity contribution in [2.45, 2.75) is 17.9 Å². The van der Waals surface area contributed by atoms with Crippen LogP contribution in [0, 0.1) is 0 Å². The van der Waals surface area contributed by atoms with Crippen LogP contribution in [0.15, 0.2) is 53.4 Å². The summed E-state index contributed by atoms with van der Waals surface area (Å²) in [5.74, 6) is -0.336. The highest BCUT2D eigenvalue weighted by Gasteiger charge is 2.26. The van der Waals surface area contributed by atoms with Gasteiger partial charge in [-0.15, -0.1) is 11.8 Å². The molecular weight excluding hydrogens is 368 g/mol. The van der Waals surface area contributed by atoms with Crippen molar-refractivity contribution in [3.05, 3.63) is 65.2 Å². The first-order valence-electron chi connectivity index (χ1n) is 8.47. The second kappa shape index (κ2) is 8.24. The van der Waals surface area contributed by atoms with E-state index in [1.807, 2.05) is 42.7 Å². The summed E-state index contributed by atoms with van der Waals surface area (Å²) in [6, 6.07) is 15.2. The van der Waals surface area contributed by atoms with E-state index in [-0.39, 0.29) is 18.2 Å². The quantitative estimate of drug-likeness (QED) is 0.770. The number of nitrogens with one attached hydrogen (secondary N) is 1. The lowest BCUT2D eigenvalue weighted by molar-refractivity contribution is 0.0953. The predicted molar refractivity (Wildman–Crippen MR) is 105 cm³/mol. The van der Waals surface area contributed by atoms with Crippen molar-refractivity contribution in [3.8, 4) is 0 Å². The number of hydrogen-bond donors (Lipinski definition) is 1. The second-order valence-corrected chi connectivity index (χ2v) is 9.06. The molecule has 0 spiro atoms. The summed E-state index contributed by atoms with van der Waals surface area (Å²) in [6.07, 6.45) is 2.63. The second-order valence-electron chi connectivity index (χ2n) is 6.12. The van der Waals surface area contributed by atoms with Crippen LogP contribution in [0.4, 0.5) is 0 Å². The number of fused-ring (bicyclic) bond motifs is 1. The van der Waals surface area contributed by atoms with Crippen LogP contribution in [-0.2, 0) is 23.0 Å². The molecule has 2 aromatic carbocycles. The van der Waals surface area contributed by atoms with Gasteiger partial charge in [-0.3, -0.25) is 4.79 Å². The van der Waals surface area contributed by atoms with Gasteiger partial charge in [0.15, 0.2) is 0 Å². The van der Waals surface area contributed by atoms with Crippen molar-refractivity contribution in [2.75, 3.05) is 25.1 Å². The molecule has 0 saturated heterocycles. The van der Waals surface area contributed by atoms with Crippen LogP contribution >= 0.6 is 11.8 Å². The van der Waals surface area contributed by atoms with E-state index in [4.69, 9.17) is 0 Å². The summed E-state index contributed by atoms with van der Waals surface area (Å²) in [5, 5.41) is 2.73. The SMILES string of the molecule is CSc1ccccc1C(=O)NCCS(=O)(=O)N1CCc2ccccc2C1. The molecule has 0 bridgehead atoms. The molecule has 0 fully saturated rings. The number of rotatable bonds is 6. The Bertz CT molecular complexity index is 897. The third kappa shape index (κ3) is 4.28. The fourth-order valence-corrected chi connectivity index (χ4v) is 4.98. The van der Waals surface area contributed by atoms with E-state index in [2.05, 4.69) is 5.32 Å². The largest absolute Gasteiger partial charge is 0.351 e. The summed E-state index contributed by atoms with van der Waals surface area (Å²) in [6.45, 7) is 0.992. The molecule has 138 valence electrons. The first-order valence-corrected chi connectivity index (χ1v) is 11.3. The molecule has 1 amide bonds.